The molecule has 0 fully saturated rings. The van der Waals surface area contributed by atoms with Crippen LogP contribution in [0.25, 0.3) is 0 Å². The molecule has 0 aliphatic rings. The van der Waals surface area contributed by atoms with E-state index in [-0.39, 0.29) is 0 Å². The van der Waals surface area contributed by atoms with Crippen LogP contribution in [0.15, 0.2) is 36.7 Å². The summed E-state index contributed by atoms with van der Waals surface area (Å²) in [4.78, 5) is 11.0. The lowest BCUT2D eigenvalue weighted by molar-refractivity contribution is 0.1000. The molecule has 0 spiro atoms. The summed E-state index contributed by atoms with van der Waals surface area (Å²) >= 11 is 0. The number of hydrogen-bond acceptors (Lipinski definition) is 3. The van der Waals surface area contributed by atoms with Crippen LogP contribution >= 0.6 is 0 Å². The van der Waals surface area contributed by atoms with Crippen molar-refractivity contribution in [3.8, 4) is 0 Å². The Balaban J connectivity index is 2.00. The number of benzene rings is 1. The van der Waals surface area contributed by atoms with Crippen molar-refractivity contribution in [1.29, 1.82) is 0 Å². The quantitative estimate of drug-likeness (QED) is 0.848. The van der Waals surface area contributed by atoms with Gasteiger partial charge in [0.25, 0.3) is 5.91 Å². The van der Waals surface area contributed by atoms with Gasteiger partial charge >= 0.3 is 0 Å². The van der Waals surface area contributed by atoms with Gasteiger partial charge in [-0.15, -0.1) is 0 Å². The first kappa shape index (κ1) is 13.3. The molecule has 0 bridgehead atoms. The van der Waals surface area contributed by atoms with Crippen molar-refractivity contribution in [3.05, 3.63) is 53.3 Å². The summed E-state index contributed by atoms with van der Waals surface area (Å²) in [5, 5.41) is 4.10. The number of carbonyl (C=O) groups is 1. The van der Waals surface area contributed by atoms with Gasteiger partial charge in [-0.1, -0.05) is 24.3 Å². The van der Waals surface area contributed by atoms with Gasteiger partial charge in [0.05, 0.1) is 24.9 Å². The molecule has 1 aromatic carbocycles. The summed E-state index contributed by atoms with van der Waals surface area (Å²) in [6.07, 6.45) is 4.04. The lowest BCUT2D eigenvalue weighted by Gasteiger charge is -2.04. The van der Waals surface area contributed by atoms with E-state index in [1.165, 1.54) is 11.8 Å². The normalized spacial score (nSPS) is 10.6. The Labute approximate surface area is 112 Å². The maximum Gasteiger partial charge on any atom is 0.251 e. The van der Waals surface area contributed by atoms with E-state index in [1.807, 2.05) is 0 Å². The molecular weight excluding hydrogens is 242 g/mol. The minimum atomic E-state index is -0.457. The third-order valence-corrected chi connectivity index (χ3v) is 2.88. The summed E-state index contributed by atoms with van der Waals surface area (Å²) in [7, 11) is 1.70. The van der Waals surface area contributed by atoms with Crippen molar-refractivity contribution in [2.24, 2.45) is 5.73 Å². The topological polar surface area (TPSA) is 70.1 Å². The van der Waals surface area contributed by atoms with Crippen molar-refractivity contribution >= 4 is 5.91 Å². The Morgan fingerprint density at radius 3 is 2.58 bits per heavy atom. The average Bonchev–Trinajstić information content (AvgIpc) is 2.87. The molecule has 0 saturated carbocycles. The second-order valence-corrected chi connectivity index (χ2v) is 4.35. The van der Waals surface area contributed by atoms with Crippen LogP contribution in [0, 0.1) is 0 Å². The lowest BCUT2D eigenvalue weighted by atomic mass is 10.1. The smallest absolute Gasteiger partial charge is 0.251 e. The molecule has 100 valence electrons. The lowest BCUT2D eigenvalue weighted by Crippen LogP contribution is -2.09. The van der Waals surface area contributed by atoms with Crippen LogP contribution in [-0.4, -0.2) is 29.4 Å². The van der Waals surface area contributed by atoms with Crippen molar-refractivity contribution in [2.75, 3.05) is 13.7 Å². The summed E-state index contributed by atoms with van der Waals surface area (Å²) in [6, 6.07) is 8.26. The van der Waals surface area contributed by atoms with Gasteiger partial charge in [0.1, 0.15) is 0 Å². The Morgan fingerprint density at radius 1 is 1.32 bits per heavy atom. The molecule has 0 radical (unpaired) electrons. The van der Waals surface area contributed by atoms with Gasteiger partial charge in [-0.3, -0.25) is 9.48 Å². The predicted octanol–water partition coefficient (Wildman–Crippen LogP) is 1.22. The minimum absolute atomic E-state index is 0.428. The van der Waals surface area contributed by atoms with E-state index in [9.17, 15) is 4.79 Å². The van der Waals surface area contributed by atoms with Crippen LogP contribution in [0.3, 0.4) is 0 Å². The molecule has 0 aliphatic carbocycles. The standard InChI is InChI=1S/C14H17N3O2/c1-19-7-6-11-2-4-12(5-3-11)9-17-10-13(8-16-17)14(15)18/h2-5,8,10H,6-7,9H2,1H3,(H2,15,18). The molecule has 0 aliphatic heterocycles. The van der Waals surface area contributed by atoms with Crippen molar-refractivity contribution in [2.45, 2.75) is 13.0 Å². The highest BCUT2D eigenvalue weighted by molar-refractivity contribution is 5.92. The van der Waals surface area contributed by atoms with Crippen molar-refractivity contribution < 1.29 is 9.53 Å². The summed E-state index contributed by atoms with van der Waals surface area (Å²) in [6.45, 7) is 1.35. The first-order valence-electron chi connectivity index (χ1n) is 6.08. The number of nitrogens with zero attached hydrogens (tertiary/aromatic N) is 2. The fourth-order valence-electron chi connectivity index (χ4n) is 1.80. The number of primary amides is 1. The second-order valence-electron chi connectivity index (χ2n) is 4.35. The van der Waals surface area contributed by atoms with E-state index in [0.29, 0.717) is 12.1 Å². The third kappa shape index (κ3) is 3.66. The molecule has 5 nitrogen and oxygen atoms in total. The highest BCUT2D eigenvalue weighted by Crippen LogP contribution is 2.07. The first-order valence-corrected chi connectivity index (χ1v) is 6.08. The Bertz CT molecular complexity index is 546. The molecule has 2 aromatic rings. The van der Waals surface area contributed by atoms with Gasteiger partial charge in [-0.2, -0.15) is 5.10 Å². The molecule has 2 N–H and O–H groups in total. The largest absolute Gasteiger partial charge is 0.384 e. The van der Waals surface area contributed by atoms with E-state index >= 15 is 0 Å². The molecule has 0 saturated heterocycles. The van der Waals surface area contributed by atoms with E-state index in [4.69, 9.17) is 10.5 Å². The zero-order valence-electron chi connectivity index (χ0n) is 10.9. The molecule has 19 heavy (non-hydrogen) atoms. The third-order valence-electron chi connectivity index (χ3n) is 2.88. The zero-order chi connectivity index (χ0) is 13.7. The summed E-state index contributed by atoms with van der Waals surface area (Å²) in [5.41, 5.74) is 7.98. The first-order chi connectivity index (χ1) is 9.19. The van der Waals surface area contributed by atoms with Gasteiger partial charge < -0.3 is 10.5 Å². The number of amides is 1. The van der Waals surface area contributed by atoms with Gasteiger partial charge in [0.2, 0.25) is 0 Å². The minimum Gasteiger partial charge on any atom is -0.384 e. The number of hydrogen-bond donors (Lipinski definition) is 1. The Morgan fingerprint density at radius 2 is 2.00 bits per heavy atom. The number of ether oxygens (including phenoxy) is 1. The van der Waals surface area contributed by atoms with Crippen LogP contribution in [-0.2, 0) is 17.7 Å². The number of methoxy groups -OCH3 is 1. The maximum atomic E-state index is 11.0. The van der Waals surface area contributed by atoms with Gasteiger partial charge in [-0.25, -0.2) is 0 Å². The van der Waals surface area contributed by atoms with Crippen molar-refractivity contribution in [3.63, 3.8) is 0 Å². The van der Waals surface area contributed by atoms with Crippen LogP contribution in [0.1, 0.15) is 21.5 Å². The fourth-order valence-corrected chi connectivity index (χ4v) is 1.80. The Kier molecular flexibility index (Phi) is 4.30. The summed E-state index contributed by atoms with van der Waals surface area (Å²) in [5.74, 6) is -0.457. The highest BCUT2D eigenvalue weighted by atomic mass is 16.5. The molecule has 0 atom stereocenters. The maximum absolute atomic E-state index is 11.0. The number of aromatic nitrogens is 2. The van der Waals surface area contributed by atoms with Crippen LogP contribution in [0.2, 0.25) is 0 Å². The van der Waals surface area contributed by atoms with Gasteiger partial charge in [-0.05, 0) is 17.5 Å². The molecule has 0 unspecified atom stereocenters. The van der Waals surface area contributed by atoms with Crippen LogP contribution < -0.4 is 5.73 Å². The molecule has 1 heterocycles. The molecule has 5 heteroatoms. The average molecular weight is 259 g/mol. The van der Waals surface area contributed by atoms with Crippen LogP contribution in [0.4, 0.5) is 0 Å². The van der Waals surface area contributed by atoms with Crippen LogP contribution in [0.5, 0.6) is 0 Å². The van der Waals surface area contributed by atoms with E-state index in [1.54, 1.807) is 18.0 Å². The number of carbonyl (C=O) groups excluding carboxylic acids is 1. The highest BCUT2D eigenvalue weighted by Gasteiger charge is 2.04. The molecular formula is C14H17N3O2. The van der Waals surface area contributed by atoms with Crippen molar-refractivity contribution in [1.82, 2.24) is 9.78 Å². The zero-order valence-corrected chi connectivity index (χ0v) is 10.9. The van der Waals surface area contributed by atoms with Gasteiger partial charge in [0, 0.05) is 13.3 Å². The van der Waals surface area contributed by atoms with E-state index < -0.39 is 5.91 Å². The predicted molar refractivity (Wildman–Crippen MR) is 71.9 cm³/mol. The second kappa shape index (κ2) is 6.15. The van der Waals surface area contributed by atoms with E-state index in [2.05, 4.69) is 29.4 Å². The monoisotopic (exact) mass is 259 g/mol. The molecule has 1 amide bonds. The van der Waals surface area contributed by atoms with E-state index in [0.717, 1.165) is 18.6 Å². The molecule has 1 aromatic heterocycles. The molecule has 2 rings (SSSR count). The van der Waals surface area contributed by atoms with Gasteiger partial charge in [0.15, 0.2) is 0 Å². The summed E-state index contributed by atoms with van der Waals surface area (Å²) < 4.78 is 6.74. The SMILES string of the molecule is COCCc1ccc(Cn2cc(C(N)=O)cn2)cc1. The fraction of sp³-hybridized carbons (Fsp3) is 0.286. The number of rotatable bonds is 6. The Hall–Kier alpha value is -2.14. The number of nitrogens with two attached hydrogens (primary N) is 1.